The van der Waals surface area contributed by atoms with Gasteiger partial charge in [0.2, 0.25) is 10.0 Å². The lowest BCUT2D eigenvalue weighted by Crippen LogP contribution is -2.35. The van der Waals surface area contributed by atoms with Crippen LogP contribution in [-0.4, -0.2) is 31.6 Å². The van der Waals surface area contributed by atoms with Crippen LogP contribution in [0, 0.1) is 22.7 Å². The second-order valence-corrected chi connectivity index (χ2v) is 10.1. The summed E-state index contributed by atoms with van der Waals surface area (Å²) in [7, 11) is -3.19. The minimum absolute atomic E-state index is 0.268. The molecule has 0 saturated heterocycles. The summed E-state index contributed by atoms with van der Waals surface area (Å²) < 4.78 is 27.4. The van der Waals surface area contributed by atoms with Gasteiger partial charge in [0.05, 0.1) is 17.9 Å². The molecule has 0 fully saturated rings. The second-order valence-electron chi connectivity index (χ2n) is 7.98. The molecule has 0 saturated carbocycles. The van der Waals surface area contributed by atoms with Crippen molar-refractivity contribution in [1.82, 2.24) is 4.31 Å². The van der Waals surface area contributed by atoms with E-state index in [9.17, 15) is 8.42 Å². The molecule has 29 heavy (non-hydrogen) atoms. The van der Waals surface area contributed by atoms with Crippen molar-refractivity contribution in [2.24, 2.45) is 0 Å². The summed E-state index contributed by atoms with van der Waals surface area (Å²) in [5.74, 6) is 0.268. The van der Waals surface area contributed by atoms with Crippen molar-refractivity contribution in [2.45, 2.75) is 116 Å². The zero-order chi connectivity index (χ0) is 21.6. The summed E-state index contributed by atoms with van der Waals surface area (Å²) in [6.07, 6.45) is 16.5. The van der Waals surface area contributed by atoms with Gasteiger partial charge in [0.15, 0.2) is 0 Å². The smallest absolute Gasteiger partial charge is 0.212 e. The number of rotatable bonds is 21. The largest absolute Gasteiger partial charge is 0.214 e. The van der Waals surface area contributed by atoms with E-state index in [1.165, 1.54) is 25.7 Å². The Hall–Kier alpha value is -1.11. The maximum atomic E-state index is 12.8. The summed E-state index contributed by atoms with van der Waals surface area (Å²) in [5, 5.41) is 17.2. The number of nitriles is 2. The lowest BCUT2D eigenvalue weighted by atomic mass is 10.1. The fraction of sp³-hybridized carbons (Fsp3) is 0.913. The highest BCUT2D eigenvalue weighted by Crippen LogP contribution is 2.14. The maximum absolute atomic E-state index is 12.8. The normalized spacial score (nSPS) is 11.4. The lowest BCUT2D eigenvalue weighted by Gasteiger charge is -2.22. The maximum Gasteiger partial charge on any atom is 0.214 e. The third kappa shape index (κ3) is 17.5. The minimum atomic E-state index is -3.19. The Labute approximate surface area is 180 Å². The van der Waals surface area contributed by atoms with Crippen LogP contribution in [-0.2, 0) is 10.0 Å². The van der Waals surface area contributed by atoms with Gasteiger partial charge in [-0.15, -0.1) is 0 Å². The predicted molar refractivity (Wildman–Crippen MR) is 121 cm³/mol. The van der Waals surface area contributed by atoms with E-state index in [2.05, 4.69) is 19.1 Å². The van der Waals surface area contributed by atoms with Gasteiger partial charge in [-0.25, -0.2) is 12.7 Å². The molecule has 168 valence electrons. The number of hydrogen-bond donors (Lipinski definition) is 0. The average Bonchev–Trinajstić information content (AvgIpc) is 2.70. The quantitative estimate of drug-likeness (QED) is 0.201. The van der Waals surface area contributed by atoms with Gasteiger partial charge < -0.3 is 0 Å². The summed E-state index contributed by atoms with van der Waals surface area (Å²) in [5.41, 5.74) is 0. The van der Waals surface area contributed by atoms with Crippen LogP contribution in [0.1, 0.15) is 116 Å². The highest BCUT2D eigenvalue weighted by atomic mass is 32.2. The molecule has 0 unspecified atom stereocenters. The van der Waals surface area contributed by atoms with E-state index in [-0.39, 0.29) is 5.75 Å². The van der Waals surface area contributed by atoms with Crippen molar-refractivity contribution in [1.29, 1.82) is 10.5 Å². The van der Waals surface area contributed by atoms with E-state index in [1.54, 1.807) is 4.31 Å². The number of nitrogens with zero attached hydrogens (tertiary/aromatic N) is 3. The van der Waals surface area contributed by atoms with E-state index in [0.717, 1.165) is 70.6 Å². The first kappa shape index (κ1) is 27.9. The zero-order valence-corrected chi connectivity index (χ0v) is 19.5. The number of hydrogen-bond acceptors (Lipinski definition) is 4. The molecule has 0 N–H and O–H groups in total. The first-order valence-corrected chi connectivity index (χ1v) is 13.4. The molecule has 0 heterocycles. The molecule has 0 aromatic rings. The monoisotopic (exact) mass is 425 g/mol. The van der Waals surface area contributed by atoms with Crippen molar-refractivity contribution >= 4 is 10.0 Å². The molecule has 0 radical (unpaired) electrons. The van der Waals surface area contributed by atoms with Gasteiger partial charge in [-0.05, 0) is 32.1 Å². The van der Waals surface area contributed by atoms with E-state index in [0.29, 0.717) is 25.9 Å². The molecule has 0 aliphatic heterocycles. The van der Waals surface area contributed by atoms with E-state index >= 15 is 0 Å². The molecule has 0 amide bonds. The molecule has 0 rings (SSSR count). The van der Waals surface area contributed by atoms with Crippen LogP contribution < -0.4 is 0 Å². The molecular formula is C23H43N3O2S. The molecular weight excluding hydrogens is 382 g/mol. The third-order valence-electron chi connectivity index (χ3n) is 5.29. The van der Waals surface area contributed by atoms with Crippen LogP contribution in [0.25, 0.3) is 0 Å². The summed E-state index contributed by atoms with van der Waals surface area (Å²) in [6.45, 7) is 3.40. The molecule has 0 aliphatic carbocycles. The van der Waals surface area contributed by atoms with E-state index in [4.69, 9.17) is 10.5 Å². The third-order valence-corrected chi connectivity index (χ3v) is 7.25. The molecule has 0 aromatic heterocycles. The second kappa shape index (κ2) is 20.2. The highest BCUT2D eigenvalue weighted by Gasteiger charge is 2.20. The fourth-order valence-corrected chi connectivity index (χ4v) is 5.09. The summed E-state index contributed by atoms with van der Waals surface area (Å²) in [4.78, 5) is 0. The minimum Gasteiger partial charge on any atom is -0.212 e. The Kier molecular flexibility index (Phi) is 19.4. The van der Waals surface area contributed by atoms with Crippen molar-refractivity contribution in [3.8, 4) is 12.1 Å². The SMILES string of the molecule is CCCCCCCCCS(=O)(=O)N(CCCCCCC#N)CCCCCCC#N. The van der Waals surface area contributed by atoms with E-state index in [1.807, 2.05) is 0 Å². The van der Waals surface area contributed by atoms with Gasteiger partial charge in [-0.2, -0.15) is 10.5 Å². The molecule has 0 bridgehead atoms. The lowest BCUT2D eigenvalue weighted by molar-refractivity contribution is 0.384. The average molecular weight is 426 g/mol. The highest BCUT2D eigenvalue weighted by molar-refractivity contribution is 7.89. The number of unbranched alkanes of at least 4 members (excludes halogenated alkanes) is 14. The molecule has 0 aromatic carbocycles. The Balaban J connectivity index is 4.31. The molecule has 0 spiro atoms. The van der Waals surface area contributed by atoms with Crippen LogP contribution >= 0.6 is 0 Å². The predicted octanol–water partition coefficient (Wildman–Crippen LogP) is 6.32. The van der Waals surface area contributed by atoms with E-state index < -0.39 is 10.0 Å². The molecule has 0 atom stereocenters. The van der Waals surface area contributed by atoms with Gasteiger partial charge in [0, 0.05) is 25.9 Å². The Morgan fingerprint density at radius 2 is 1.03 bits per heavy atom. The Bertz CT molecular complexity index is 523. The van der Waals surface area contributed by atoms with Crippen LogP contribution in [0.4, 0.5) is 0 Å². The first-order chi connectivity index (χ1) is 14.1. The fourth-order valence-electron chi connectivity index (χ4n) is 3.45. The van der Waals surface area contributed by atoms with Crippen molar-refractivity contribution in [3.05, 3.63) is 0 Å². The van der Waals surface area contributed by atoms with Gasteiger partial charge in [0.1, 0.15) is 0 Å². The van der Waals surface area contributed by atoms with Gasteiger partial charge in [-0.1, -0.05) is 71.1 Å². The van der Waals surface area contributed by atoms with Crippen molar-refractivity contribution in [2.75, 3.05) is 18.8 Å². The van der Waals surface area contributed by atoms with Crippen molar-refractivity contribution < 1.29 is 8.42 Å². The van der Waals surface area contributed by atoms with Gasteiger partial charge in [-0.3, -0.25) is 0 Å². The van der Waals surface area contributed by atoms with Gasteiger partial charge >= 0.3 is 0 Å². The summed E-state index contributed by atoms with van der Waals surface area (Å²) >= 11 is 0. The van der Waals surface area contributed by atoms with Crippen LogP contribution in [0.5, 0.6) is 0 Å². The summed E-state index contributed by atoms with van der Waals surface area (Å²) in [6, 6.07) is 4.32. The van der Waals surface area contributed by atoms with Crippen LogP contribution in [0.2, 0.25) is 0 Å². The van der Waals surface area contributed by atoms with Crippen LogP contribution in [0.3, 0.4) is 0 Å². The Morgan fingerprint density at radius 1 is 0.621 bits per heavy atom. The zero-order valence-electron chi connectivity index (χ0n) is 18.7. The number of sulfonamides is 1. The van der Waals surface area contributed by atoms with Crippen LogP contribution in [0.15, 0.2) is 0 Å². The topological polar surface area (TPSA) is 85.0 Å². The molecule has 6 heteroatoms. The van der Waals surface area contributed by atoms with Gasteiger partial charge in [0.25, 0.3) is 0 Å². The van der Waals surface area contributed by atoms with Crippen molar-refractivity contribution in [3.63, 3.8) is 0 Å². The standard InChI is InChI=1S/C23H43N3O2S/c1-2-3-4-5-6-13-18-23-29(27,28)26(21-16-11-7-9-14-19-24)22-17-12-8-10-15-20-25/h2-18,21-23H2,1H3. The first-order valence-electron chi connectivity index (χ1n) is 11.8. The molecule has 5 nitrogen and oxygen atoms in total. The molecule has 0 aliphatic rings. The Morgan fingerprint density at radius 3 is 1.52 bits per heavy atom.